The van der Waals surface area contributed by atoms with Crippen LogP contribution in [0.25, 0.3) is 75.0 Å². The Kier molecular flexibility index (Phi) is 4.85. The Labute approximate surface area is 230 Å². The van der Waals surface area contributed by atoms with Crippen LogP contribution in [0.1, 0.15) is 11.1 Å². The molecule has 8 aromatic rings. The molecule has 0 aliphatic carbocycles. The van der Waals surface area contributed by atoms with Gasteiger partial charge in [0.05, 0.1) is 11.0 Å². The van der Waals surface area contributed by atoms with E-state index in [0.29, 0.717) is 0 Å². The van der Waals surface area contributed by atoms with Crippen LogP contribution in [-0.2, 0) is 0 Å². The summed E-state index contributed by atoms with van der Waals surface area (Å²) in [5.74, 6) is 0. The molecule has 184 valence electrons. The summed E-state index contributed by atoms with van der Waals surface area (Å²) in [5.41, 5.74) is 9.48. The number of nitrogens with zero attached hydrogens (tertiary/aromatic N) is 2. The van der Waals surface area contributed by atoms with Crippen molar-refractivity contribution in [1.82, 2.24) is 9.97 Å². The molecule has 0 saturated heterocycles. The molecule has 0 amide bonds. The molecule has 0 bridgehead atoms. The van der Waals surface area contributed by atoms with E-state index in [1.807, 2.05) is 11.3 Å². The Bertz CT molecular complexity index is 2210. The number of benzene rings is 6. The first-order valence-corrected chi connectivity index (χ1v) is 14.1. The van der Waals surface area contributed by atoms with Crippen LogP contribution >= 0.6 is 11.3 Å². The largest absolute Gasteiger partial charge is 0.252 e. The minimum Gasteiger partial charge on any atom is -0.252 e. The van der Waals surface area contributed by atoms with E-state index in [1.54, 1.807) is 12.4 Å². The van der Waals surface area contributed by atoms with E-state index in [0.717, 1.165) is 21.8 Å². The monoisotopic (exact) mass is 516 g/mol. The van der Waals surface area contributed by atoms with Gasteiger partial charge in [-0.1, -0.05) is 72.3 Å². The van der Waals surface area contributed by atoms with Crippen LogP contribution in [0.3, 0.4) is 0 Å². The van der Waals surface area contributed by atoms with Crippen LogP contribution in [0.5, 0.6) is 0 Å². The molecule has 0 unspecified atom stereocenters. The van der Waals surface area contributed by atoms with Crippen LogP contribution in [0.2, 0.25) is 0 Å². The first-order valence-electron chi connectivity index (χ1n) is 13.2. The zero-order valence-electron chi connectivity index (χ0n) is 21.7. The molecule has 2 nitrogen and oxygen atoms in total. The Morgan fingerprint density at radius 2 is 1.15 bits per heavy atom. The smallest absolute Gasteiger partial charge is 0.0971 e. The molecular weight excluding hydrogens is 492 g/mol. The second kappa shape index (κ2) is 8.45. The van der Waals surface area contributed by atoms with Gasteiger partial charge in [0.2, 0.25) is 0 Å². The molecule has 2 heterocycles. The van der Waals surface area contributed by atoms with Crippen molar-refractivity contribution in [2.45, 2.75) is 13.8 Å². The molecule has 0 aliphatic heterocycles. The lowest BCUT2D eigenvalue weighted by Crippen LogP contribution is -1.89. The Balaban J connectivity index is 1.28. The Morgan fingerprint density at radius 3 is 1.95 bits per heavy atom. The summed E-state index contributed by atoms with van der Waals surface area (Å²) in [6.45, 7) is 4.37. The highest BCUT2D eigenvalue weighted by atomic mass is 32.1. The molecule has 0 spiro atoms. The van der Waals surface area contributed by atoms with Crippen molar-refractivity contribution in [2.75, 3.05) is 0 Å². The van der Waals surface area contributed by atoms with Crippen molar-refractivity contribution >= 4 is 64.1 Å². The lowest BCUT2D eigenvalue weighted by Gasteiger charge is -2.11. The number of fused-ring (bicyclic) bond motifs is 9. The highest BCUT2D eigenvalue weighted by Gasteiger charge is 2.14. The van der Waals surface area contributed by atoms with Gasteiger partial charge in [0.1, 0.15) is 0 Å². The molecule has 0 atom stereocenters. The Hall–Kier alpha value is -4.60. The van der Waals surface area contributed by atoms with Crippen molar-refractivity contribution < 1.29 is 0 Å². The minimum absolute atomic E-state index is 0.954. The van der Waals surface area contributed by atoms with Crippen molar-refractivity contribution in [3.05, 3.63) is 121 Å². The number of thiophene rings is 1. The fraction of sp³-hybridized carbons (Fsp3) is 0.0556. The predicted octanol–water partition coefficient (Wildman–Crippen LogP) is 10.3. The first-order chi connectivity index (χ1) is 19.1. The zero-order chi connectivity index (χ0) is 26.1. The van der Waals surface area contributed by atoms with E-state index in [4.69, 9.17) is 4.98 Å². The molecule has 0 saturated carbocycles. The molecular formula is C36H24N2S. The topological polar surface area (TPSA) is 25.8 Å². The second-order valence-corrected chi connectivity index (χ2v) is 11.5. The van der Waals surface area contributed by atoms with Gasteiger partial charge in [0.25, 0.3) is 0 Å². The summed E-state index contributed by atoms with van der Waals surface area (Å²) >= 11 is 1.89. The maximum atomic E-state index is 4.70. The third-order valence-electron chi connectivity index (χ3n) is 7.85. The van der Waals surface area contributed by atoms with E-state index >= 15 is 0 Å². The molecule has 0 aliphatic rings. The summed E-state index contributed by atoms with van der Waals surface area (Å²) in [7, 11) is 0. The third-order valence-corrected chi connectivity index (χ3v) is 9.06. The lowest BCUT2D eigenvalue weighted by atomic mass is 9.94. The van der Waals surface area contributed by atoms with E-state index in [2.05, 4.69) is 116 Å². The summed E-state index contributed by atoms with van der Waals surface area (Å²) in [4.78, 5) is 9.36. The van der Waals surface area contributed by atoms with E-state index in [9.17, 15) is 0 Å². The van der Waals surface area contributed by atoms with E-state index in [1.165, 1.54) is 64.3 Å². The van der Waals surface area contributed by atoms with Crippen LogP contribution < -0.4 is 0 Å². The average molecular weight is 517 g/mol. The van der Waals surface area contributed by atoms with Gasteiger partial charge >= 0.3 is 0 Å². The van der Waals surface area contributed by atoms with Gasteiger partial charge in [-0.25, -0.2) is 0 Å². The number of hydrogen-bond acceptors (Lipinski definition) is 3. The number of aromatic nitrogens is 2. The maximum Gasteiger partial charge on any atom is 0.0971 e. The summed E-state index contributed by atoms with van der Waals surface area (Å²) in [6.07, 6.45) is 3.56. The van der Waals surface area contributed by atoms with Gasteiger partial charge in [0.15, 0.2) is 0 Å². The quantitative estimate of drug-likeness (QED) is 0.214. The number of hydrogen-bond donors (Lipinski definition) is 0. The molecule has 0 fully saturated rings. The van der Waals surface area contributed by atoms with Crippen molar-refractivity contribution in [2.24, 2.45) is 0 Å². The Morgan fingerprint density at radius 1 is 0.487 bits per heavy atom. The molecule has 3 heteroatoms. The fourth-order valence-electron chi connectivity index (χ4n) is 6.00. The van der Waals surface area contributed by atoms with Crippen molar-refractivity contribution in [3.63, 3.8) is 0 Å². The summed E-state index contributed by atoms with van der Waals surface area (Å²) < 4.78 is 2.71. The van der Waals surface area contributed by atoms with Gasteiger partial charge in [-0.05, 0) is 82.8 Å². The molecule has 39 heavy (non-hydrogen) atoms. The minimum atomic E-state index is 0.954. The van der Waals surface area contributed by atoms with Gasteiger partial charge < -0.3 is 0 Å². The van der Waals surface area contributed by atoms with Crippen LogP contribution in [-0.4, -0.2) is 9.97 Å². The lowest BCUT2D eigenvalue weighted by molar-refractivity contribution is 1.31. The number of aryl methyl sites for hydroxylation is 2. The first kappa shape index (κ1) is 22.4. The van der Waals surface area contributed by atoms with E-state index in [-0.39, 0.29) is 0 Å². The van der Waals surface area contributed by atoms with Gasteiger partial charge in [0, 0.05) is 43.3 Å². The third kappa shape index (κ3) is 3.47. The predicted molar refractivity (Wildman–Crippen MR) is 168 cm³/mol. The van der Waals surface area contributed by atoms with E-state index < -0.39 is 0 Å². The summed E-state index contributed by atoms with van der Waals surface area (Å²) in [5, 5.41) is 7.41. The van der Waals surface area contributed by atoms with Crippen LogP contribution in [0.4, 0.5) is 0 Å². The molecule has 0 radical (unpaired) electrons. The maximum absolute atomic E-state index is 4.70. The van der Waals surface area contributed by atoms with Gasteiger partial charge in [-0.2, -0.15) is 0 Å². The molecule has 2 aromatic heterocycles. The second-order valence-electron chi connectivity index (χ2n) is 10.4. The normalized spacial score (nSPS) is 11.8. The fourth-order valence-corrected chi connectivity index (χ4v) is 7.20. The highest BCUT2D eigenvalue weighted by molar-refractivity contribution is 7.26. The van der Waals surface area contributed by atoms with Crippen LogP contribution in [0.15, 0.2) is 109 Å². The summed E-state index contributed by atoms with van der Waals surface area (Å²) in [6, 6.07) is 35.7. The van der Waals surface area contributed by atoms with Gasteiger partial charge in [-0.15, -0.1) is 11.3 Å². The number of rotatable bonds is 2. The van der Waals surface area contributed by atoms with Crippen molar-refractivity contribution in [3.8, 4) is 22.3 Å². The molecule has 6 aromatic carbocycles. The van der Waals surface area contributed by atoms with Crippen molar-refractivity contribution in [1.29, 1.82) is 0 Å². The highest BCUT2D eigenvalue weighted by Crippen LogP contribution is 2.42. The van der Waals surface area contributed by atoms with Gasteiger partial charge in [-0.3, -0.25) is 9.97 Å². The van der Waals surface area contributed by atoms with Crippen LogP contribution in [0, 0.1) is 13.8 Å². The molecule has 8 rings (SSSR count). The average Bonchev–Trinajstić information content (AvgIpc) is 3.34. The zero-order valence-corrected chi connectivity index (χ0v) is 22.5. The SMILES string of the molecule is Cc1ccc2sc3c(-c4ccc(-c5ccc6c(c5)c5ccccc5c5nccnc65)cc4)cc(C)cc3c2c1. The standard InChI is InChI=1S/C36H24N2S/c1-21-7-14-33-31(17-21)32-19-22(2)18-29(36(32)39-33)24-10-8-23(9-11-24)25-12-13-28-30(20-25)26-5-3-4-6-27(26)34-35(28)38-16-15-37-34/h3-20H,1-2H3. The molecule has 0 N–H and O–H groups in total.